The van der Waals surface area contributed by atoms with Gasteiger partial charge < -0.3 is 4.98 Å². The minimum absolute atomic E-state index is 0.488. The van der Waals surface area contributed by atoms with E-state index in [0.717, 1.165) is 34.8 Å². The molecule has 2 aromatic rings. The van der Waals surface area contributed by atoms with Gasteiger partial charge in [-0.05, 0) is 30.4 Å². The van der Waals surface area contributed by atoms with Gasteiger partial charge >= 0.3 is 0 Å². The van der Waals surface area contributed by atoms with E-state index in [0.29, 0.717) is 5.92 Å². The lowest BCUT2D eigenvalue weighted by atomic mass is 9.83. The van der Waals surface area contributed by atoms with Crippen molar-refractivity contribution in [2.75, 3.05) is 0 Å². The highest BCUT2D eigenvalue weighted by Crippen LogP contribution is 2.34. The molecule has 1 atom stereocenters. The van der Waals surface area contributed by atoms with Gasteiger partial charge in [-0.25, -0.2) is 4.98 Å². The molecular formula is C16H16N2S2. The number of fused-ring (bicyclic) bond motifs is 2. The Morgan fingerprint density at radius 3 is 2.95 bits per heavy atom. The lowest BCUT2D eigenvalue weighted by Crippen LogP contribution is -2.16. The maximum absolute atomic E-state index is 5.47. The molecule has 2 heterocycles. The fourth-order valence-electron chi connectivity index (χ4n) is 3.22. The molecule has 1 aromatic carbocycles. The molecule has 4 rings (SSSR count). The van der Waals surface area contributed by atoms with Crippen molar-refractivity contribution in [2.45, 2.75) is 36.7 Å². The Hall–Kier alpha value is -1.13. The third-order valence-electron chi connectivity index (χ3n) is 4.35. The summed E-state index contributed by atoms with van der Waals surface area (Å²) in [5, 5.41) is 0. The van der Waals surface area contributed by atoms with Crippen LogP contribution in [-0.4, -0.2) is 9.97 Å². The molecule has 20 heavy (non-hydrogen) atoms. The first-order valence-corrected chi connectivity index (χ1v) is 8.64. The minimum atomic E-state index is 0.488. The van der Waals surface area contributed by atoms with Crippen LogP contribution in [0, 0.1) is 4.64 Å². The number of benzene rings is 1. The summed E-state index contributed by atoms with van der Waals surface area (Å²) in [4.78, 5) is 8.25. The Balaban J connectivity index is 1.70. The van der Waals surface area contributed by atoms with E-state index < -0.39 is 0 Å². The van der Waals surface area contributed by atoms with E-state index in [1.165, 1.54) is 28.8 Å². The van der Waals surface area contributed by atoms with Crippen LogP contribution in [0.1, 0.15) is 40.5 Å². The summed E-state index contributed by atoms with van der Waals surface area (Å²) in [6, 6.07) is 8.77. The van der Waals surface area contributed by atoms with Crippen LogP contribution in [0.15, 0.2) is 24.3 Å². The quantitative estimate of drug-likeness (QED) is 0.802. The fourth-order valence-corrected chi connectivity index (χ4v) is 4.67. The largest absolute Gasteiger partial charge is 0.346 e. The summed E-state index contributed by atoms with van der Waals surface area (Å²) < 4.78 is 0.817. The molecule has 0 saturated carbocycles. The second-order valence-electron chi connectivity index (χ2n) is 5.59. The first-order valence-electron chi connectivity index (χ1n) is 7.08. The number of aryl methyl sites for hydroxylation is 1. The number of hydrogen-bond donors (Lipinski definition) is 1. The van der Waals surface area contributed by atoms with E-state index in [1.54, 1.807) is 0 Å². The first kappa shape index (κ1) is 12.6. The van der Waals surface area contributed by atoms with Crippen molar-refractivity contribution < 1.29 is 0 Å². The first-order chi connectivity index (χ1) is 9.81. The molecule has 0 bridgehead atoms. The van der Waals surface area contributed by atoms with Crippen LogP contribution in [0.4, 0.5) is 0 Å². The van der Waals surface area contributed by atoms with E-state index in [9.17, 15) is 0 Å². The lowest BCUT2D eigenvalue weighted by molar-refractivity contribution is 0.552. The van der Waals surface area contributed by atoms with E-state index in [4.69, 9.17) is 12.2 Å². The van der Waals surface area contributed by atoms with Crippen molar-refractivity contribution >= 4 is 24.0 Å². The molecular weight excluding hydrogens is 284 g/mol. The van der Waals surface area contributed by atoms with E-state index >= 15 is 0 Å². The van der Waals surface area contributed by atoms with Crippen LogP contribution in [0.25, 0.3) is 0 Å². The molecule has 1 aliphatic carbocycles. The van der Waals surface area contributed by atoms with Crippen LogP contribution in [0.3, 0.4) is 0 Å². The van der Waals surface area contributed by atoms with E-state index in [2.05, 4.69) is 34.2 Å². The molecule has 1 aromatic heterocycles. The van der Waals surface area contributed by atoms with Crippen LogP contribution in [0.5, 0.6) is 0 Å². The van der Waals surface area contributed by atoms with Gasteiger partial charge in [0.05, 0.1) is 0 Å². The Morgan fingerprint density at radius 2 is 2.05 bits per heavy atom. The number of thioether (sulfide) groups is 1. The van der Waals surface area contributed by atoms with Gasteiger partial charge in [0.15, 0.2) is 0 Å². The van der Waals surface area contributed by atoms with Gasteiger partial charge in [-0.15, -0.1) is 0 Å². The third kappa shape index (κ3) is 2.11. The summed E-state index contributed by atoms with van der Waals surface area (Å²) in [7, 11) is 0. The molecule has 1 aliphatic heterocycles. The second-order valence-corrected chi connectivity index (χ2v) is 6.96. The van der Waals surface area contributed by atoms with Crippen molar-refractivity contribution in [1.82, 2.24) is 9.97 Å². The average molecular weight is 300 g/mol. The van der Waals surface area contributed by atoms with Gasteiger partial charge in [-0.3, -0.25) is 0 Å². The predicted octanol–water partition coefficient (Wildman–Crippen LogP) is 4.16. The maximum atomic E-state index is 5.47. The van der Waals surface area contributed by atoms with E-state index in [1.807, 2.05) is 11.8 Å². The highest BCUT2D eigenvalue weighted by Gasteiger charge is 2.23. The minimum Gasteiger partial charge on any atom is -0.346 e. The van der Waals surface area contributed by atoms with Crippen molar-refractivity contribution in [3.63, 3.8) is 0 Å². The zero-order valence-corrected chi connectivity index (χ0v) is 12.8. The second kappa shape index (κ2) is 5.01. The summed E-state index contributed by atoms with van der Waals surface area (Å²) in [6.07, 6.45) is 3.40. The van der Waals surface area contributed by atoms with Crippen molar-refractivity contribution in [1.29, 1.82) is 0 Å². The number of nitrogens with zero attached hydrogens (tertiary/aromatic N) is 1. The molecule has 0 radical (unpaired) electrons. The smallest absolute Gasteiger partial charge is 0.134 e. The molecule has 1 unspecified atom stereocenters. The normalized spacial score (nSPS) is 20.5. The Labute approximate surface area is 128 Å². The van der Waals surface area contributed by atoms with Crippen LogP contribution in [0.2, 0.25) is 0 Å². The standard InChI is InChI=1S/C16H16N2S2/c19-16-13-8-20-9-14(13)17-15(18-16)12-6-5-10-3-1-2-4-11(10)7-12/h1-4,12H,5-9H2,(H,17,18,19). The molecule has 0 saturated heterocycles. The number of aromatic nitrogens is 2. The molecule has 102 valence electrons. The molecule has 1 N–H and O–H groups in total. The molecule has 2 nitrogen and oxygen atoms in total. The van der Waals surface area contributed by atoms with Gasteiger partial charge in [-0.1, -0.05) is 36.5 Å². The molecule has 4 heteroatoms. The predicted molar refractivity (Wildman–Crippen MR) is 85.6 cm³/mol. The Bertz CT molecular complexity index is 721. The van der Waals surface area contributed by atoms with Gasteiger partial charge in [-0.2, -0.15) is 11.8 Å². The van der Waals surface area contributed by atoms with Gasteiger partial charge in [0.2, 0.25) is 0 Å². The third-order valence-corrected chi connectivity index (χ3v) is 5.67. The Morgan fingerprint density at radius 1 is 1.20 bits per heavy atom. The maximum Gasteiger partial charge on any atom is 0.134 e. The number of rotatable bonds is 1. The zero-order chi connectivity index (χ0) is 13.5. The molecule has 0 amide bonds. The fraction of sp³-hybridized carbons (Fsp3) is 0.375. The number of aromatic amines is 1. The summed E-state index contributed by atoms with van der Waals surface area (Å²) in [5.41, 5.74) is 5.53. The molecule has 0 fully saturated rings. The van der Waals surface area contributed by atoms with Crippen LogP contribution >= 0.6 is 24.0 Å². The van der Waals surface area contributed by atoms with Crippen molar-refractivity contribution in [3.8, 4) is 0 Å². The summed E-state index contributed by atoms with van der Waals surface area (Å²) in [5.74, 6) is 3.66. The van der Waals surface area contributed by atoms with Gasteiger partial charge in [0, 0.05) is 28.7 Å². The topological polar surface area (TPSA) is 28.7 Å². The number of hydrogen-bond acceptors (Lipinski definition) is 3. The Kier molecular flexibility index (Phi) is 3.15. The highest BCUT2D eigenvalue weighted by atomic mass is 32.2. The van der Waals surface area contributed by atoms with Crippen molar-refractivity contribution in [2.24, 2.45) is 0 Å². The van der Waals surface area contributed by atoms with Gasteiger partial charge in [0.25, 0.3) is 0 Å². The van der Waals surface area contributed by atoms with Crippen molar-refractivity contribution in [3.05, 3.63) is 57.1 Å². The molecule has 2 aliphatic rings. The summed E-state index contributed by atoms with van der Waals surface area (Å²) in [6.45, 7) is 0. The molecule has 0 spiro atoms. The van der Waals surface area contributed by atoms with Gasteiger partial charge in [0.1, 0.15) is 10.5 Å². The van der Waals surface area contributed by atoms with E-state index in [-0.39, 0.29) is 0 Å². The monoisotopic (exact) mass is 300 g/mol. The average Bonchev–Trinajstić information content (AvgIpc) is 2.96. The SMILES string of the molecule is S=c1nc(C2CCc3ccccc3C2)[nH]c2c1CSC2. The van der Waals surface area contributed by atoms with Crippen LogP contribution in [-0.2, 0) is 24.3 Å². The number of nitrogens with one attached hydrogen (secondary N) is 1. The number of H-pyrrole nitrogens is 1. The van der Waals surface area contributed by atoms with Crippen LogP contribution < -0.4 is 0 Å². The summed E-state index contributed by atoms with van der Waals surface area (Å²) >= 11 is 7.39. The lowest BCUT2D eigenvalue weighted by Gasteiger charge is -2.24. The zero-order valence-electron chi connectivity index (χ0n) is 11.2. The highest BCUT2D eigenvalue weighted by molar-refractivity contribution is 7.98.